The number of rotatable bonds is 2. The smallest absolute Gasteiger partial charge is 0.333 e. The molecule has 1 fully saturated rings. The van der Waals surface area contributed by atoms with E-state index >= 15 is 0 Å². The fourth-order valence-corrected chi connectivity index (χ4v) is 4.12. The molecule has 31 heavy (non-hydrogen) atoms. The van der Waals surface area contributed by atoms with Crippen molar-refractivity contribution in [2.75, 3.05) is 14.1 Å². The van der Waals surface area contributed by atoms with Gasteiger partial charge >= 0.3 is 6.03 Å². The number of halogens is 1. The van der Waals surface area contributed by atoms with Crippen molar-refractivity contribution in [1.29, 1.82) is 5.26 Å². The van der Waals surface area contributed by atoms with Gasteiger partial charge in [0.05, 0.1) is 6.07 Å². The summed E-state index contributed by atoms with van der Waals surface area (Å²) in [5.41, 5.74) is -2.17. The Morgan fingerprint density at radius 2 is 1.48 bits per heavy atom. The lowest BCUT2D eigenvalue weighted by Crippen LogP contribution is -2.73. The van der Waals surface area contributed by atoms with E-state index in [2.05, 4.69) is 6.07 Å². The number of amides is 4. The molecule has 2 aliphatic heterocycles. The van der Waals surface area contributed by atoms with E-state index in [9.17, 15) is 19.6 Å². The number of ether oxygens (including phenoxy) is 1. The molecule has 2 aromatic carbocycles. The number of urea groups is 1. The molecule has 0 aromatic heterocycles. The van der Waals surface area contributed by atoms with Crippen molar-refractivity contribution in [3.63, 3.8) is 0 Å². The number of nitrogens with zero attached hydrogens (tertiary/aromatic N) is 3. The molecule has 0 aliphatic carbocycles. The summed E-state index contributed by atoms with van der Waals surface area (Å²) >= 11 is 6.02. The van der Waals surface area contributed by atoms with Crippen LogP contribution in [0.2, 0.25) is 5.02 Å². The lowest BCUT2D eigenvalue weighted by atomic mass is 9.66. The lowest BCUT2D eigenvalue weighted by molar-refractivity contribution is -0.169. The first-order valence-electron chi connectivity index (χ1n) is 9.44. The maximum absolute atomic E-state index is 13.5. The van der Waals surface area contributed by atoms with Crippen LogP contribution in [0.15, 0.2) is 54.6 Å². The van der Waals surface area contributed by atoms with Crippen LogP contribution in [0.5, 0.6) is 0 Å². The number of likely N-dealkylation sites (N-methyl/N-ethyl adjacent to an activating group) is 2. The highest BCUT2D eigenvalue weighted by Gasteiger charge is 2.73. The Bertz CT molecular complexity index is 1160. The van der Waals surface area contributed by atoms with E-state index in [-0.39, 0.29) is 5.76 Å². The molecular weight excluding hydrogens is 418 g/mol. The zero-order valence-corrected chi connectivity index (χ0v) is 17.8. The van der Waals surface area contributed by atoms with E-state index in [0.29, 0.717) is 16.1 Å². The van der Waals surface area contributed by atoms with Crippen LogP contribution in [-0.4, -0.2) is 47.3 Å². The van der Waals surface area contributed by atoms with Crippen LogP contribution < -0.4 is 0 Å². The average Bonchev–Trinajstić information content (AvgIpc) is 3.13. The largest absolute Gasteiger partial charge is 0.465 e. The minimum atomic E-state index is -2.30. The fourth-order valence-electron chi connectivity index (χ4n) is 4.00. The van der Waals surface area contributed by atoms with Crippen LogP contribution in [0, 0.1) is 18.3 Å². The van der Waals surface area contributed by atoms with Gasteiger partial charge in [-0.2, -0.15) is 5.26 Å². The normalized spacial score (nSPS) is 22.4. The second kappa shape index (κ2) is 6.96. The minimum absolute atomic E-state index is 0.203. The molecule has 0 bridgehead atoms. The predicted octanol–water partition coefficient (Wildman–Crippen LogP) is 3.27. The zero-order chi connectivity index (χ0) is 22.6. The van der Waals surface area contributed by atoms with Crippen LogP contribution >= 0.6 is 11.6 Å². The first-order chi connectivity index (χ1) is 14.7. The standard InChI is InChI=1S/C23H18ClN3O4/c1-14-4-6-15(7-5-14)18-12-22(13-25,16-8-10-17(24)11-9-16)23(31-18)19(28)26(2)21(30)27(3)20(23)29/h4-12H,1-3H3. The number of benzene rings is 2. The Hall–Kier alpha value is -3.63. The summed E-state index contributed by atoms with van der Waals surface area (Å²) in [6.45, 7) is 1.92. The second-order valence-electron chi connectivity index (χ2n) is 7.60. The molecule has 1 spiro atoms. The van der Waals surface area contributed by atoms with E-state index in [0.717, 1.165) is 15.4 Å². The second-order valence-corrected chi connectivity index (χ2v) is 8.03. The maximum atomic E-state index is 13.5. The van der Waals surface area contributed by atoms with Gasteiger partial charge in [0.25, 0.3) is 17.4 Å². The van der Waals surface area contributed by atoms with Crippen molar-refractivity contribution in [2.24, 2.45) is 0 Å². The molecule has 1 atom stereocenters. The molecule has 2 aromatic rings. The highest BCUT2D eigenvalue weighted by molar-refractivity contribution is 6.30. The number of hydrogen-bond acceptors (Lipinski definition) is 5. The number of imide groups is 2. The van der Waals surface area contributed by atoms with Gasteiger partial charge in [-0.15, -0.1) is 0 Å². The van der Waals surface area contributed by atoms with Crippen LogP contribution in [0.3, 0.4) is 0 Å². The van der Waals surface area contributed by atoms with E-state index < -0.39 is 28.9 Å². The van der Waals surface area contributed by atoms with Crippen molar-refractivity contribution in [1.82, 2.24) is 9.80 Å². The highest BCUT2D eigenvalue weighted by Crippen LogP contribution is 2.52. The molecule has 0 radical (unpaired) electrons. The predicted molar refractivity (Wildman–Crippen MR) is 113 cm³/mol. The van der Waals surface area contributed by atoms with E-state index in [4.69, 9.17) is 16.3 Å². The Morgan fingerprint density at radius 1 is 0.935 bits per heavy atom. The monoisotopic (exact) mass is 435 g/mol. The van der Waals surface area contributed by atoms with Crippen LogP contribution in [0.1, 0.15) is 16.7 Å². The third-order valence-corrected chi connectivity index (χ3v) is 6.02. The highest BCUT2D eigenvalue weighted by atomic mass is 35.5. The molecule has 2 aliphatic rings. The number of carbonyl (C=O) groups is 3. The van der Waals surface area contributed by atoms with Gasteiger partial charge in [-0.25, -0.2) is 4.79 Å². The number of carbonyl (C=O) groups excluding carboxylic acids is 3. The van der Waals surface area contributed by atoms with Crippen LogP contribution in [0.4, 0.5) is 4.79 Å². The summed E-state index contributed by atoms with van der Waals surface area (Å²) in [4.78, 5) is 41.0. The summed E-state index contributed by atoms with van der Waals surface area (Å²) in [5, 5.41) is 10.8. The average molecular weight is 436 g/mol. The molecule has 8 heteroatoms. The molecule has 1 unspecified atom stereocenters. The van der Waals surface area contributed by atoms with Crippen molar-refractivity contribution < 1.29 is 19.1 Å². The van der Waals surface area contributed by atoms with Gasteiger partial charge in [0.15, 0.2) is 5.41 Å². The summed E-state index contributed by atoms with van der Waals surface area (Å²) in [7, 11) is 2.51. The topological polar surface area (TPSA) is 90.7 Å². The Morgan fingerprint density at radius 3 is 2.00 bits per heavy atom. The molecule has 4 amide bonds. The van der Waals surface area contributed by atoms with E-state index in [1.807, 2.05) is 19.1 Å². The first kappa shape index (κ1) is 20.6. The Labute approximate surface area is 184 Å². The van der Waals surface area contributed by atoms with Gasteiger partial charge in [-0.3, -0.25) is 19.4 Å². The molecule has 1 saturated heterocycles. The molecule has 4 rings (SSSR count). The van der Waals surface area contributed by atoms with E-state index in [1.165, 1.54) is 20.2 Å². The van der Waals surface area contributed by atoms with Crippen LogP contribution in [0.25, 0.3) is 5.76 Å². The van der Waals surface area contributed by atoms with Gasteiger partial charge in [-0.1, -0.05) is 53.6 Å². The summed E-state index contributed by atoms with van der Waals surface area (Å²) in [6, 6.07) is 14.9. The van der Waals surface area contributed by atoms with Crippen LogP contribution in [-0.2, 0) is 19.7 Å². The fraction of sp³-hybridized carbons (Fsp3) is 0.217. The van der Waals surface area contributed by atoms with Gasteiger partial charge in [0.2, 0.25) is 0 Å². The molecular formula is C23H18ClN3O4. The molecule has 156 valence electrons. The minimum Gasteiger partial charge on any atom is -0.465 e. The van der Waals surface area contributed by atoms with Crippen molar-refractivity contribution in [3.8, 4) is 6.07 Å². The van der Waals surface area contributed by atoms with E-state index in [1.54, 1.807) is 36.4 Å². The Balaban J connectivity index is 2.02. The molecule has 7 nitrogen and oxygen atoms in total. The Kier molecular flexibility index (Phi) is 4.64. The first-order valence-corrected chi connectivity index (χ1v) is 9.82. The van der Waals surface area contributed by atoms with Gasteiger partial charge < -0.3 is 4.74 Å². The summed E-state index contributed by atoms with van der Waals surface area (Å²) in [5.74, 6) is -1.61. The molecule has 0 N–H and O–H groups in total. The van der Waals surface area contributed by atoms with Crippen molar-refractivity contribution >= 4 is 35.2 Å². The quantitative estimate of drug-likeness (QED) is 0.675. The maximum Gasteiger partial charge on any atom is 0.333 e. The summed E-state index contributed by atoms with van der Waals surface area (Å²) < 4.78 is 6.09. The van der Waals surface area contributed by atoms with Gasteiger partial charge in [-0.05, 0) is 30.7 Å². The number of aryl methyl sites for hydroxylation is 1. The zero-order valence-electron chi connectivity index (χ0n) is 17.0. The number of hydrogen-bond donors (Lipinski definition) is 0. The number of barbiturate groups is 1. The molecule has 0 saturated carbocycles. The molecule has 2 heterocycles. The van der Waals surface area contributed by atoms with Gasteiger partial charge in [0, 0.05) is 24.7 Å². The summed E-state index contributed by atoms with van der Waals surface area (Å²) in [6.07, 6.45) is 1.48. The van der Waals surface area contributed by atoms with Crippen molar-refractivity contribution in [2.45, 2.75) is 17.9 Å². The SMILES string of the molecule is Cc1ccc(C2=CC(C#N)(c3ccc(Cl)cc3)C3(O2)C(=O)N(C)C(=O)N(C)C3=O)cc1. The van der Waals surface area contributed by atoms with Gasteiger partial charge in [0.1, 0.15) is 5.76 Å². The lowest BCUT2D eigenvalue weighted by Gasteiger charge is -2.44. The third kappa shape index (κ3) is 2.69. The third-order valence-electron chi connectivity index (χ3n) is 5.76. The number of nitriles is 1. The van der Waals surface area contributed by atoms with Crippen molar-refractivity contribution in [3.05, 3.63) is 76.3 Å².